The second-order valence-corrected chi connectivity index (χ2v) is 6.67. The minimum atomic E-state index is -4.29. The summed E-state index contributed by atoms with van der Waals surface area (Å²) >= 11 is 0.856. The Morgan fingerprint density at radius 2 is 1.96 bits per heavy atom. The van der Waals surface area contributed by atoms with Gasteiger partial charge >= 0.3 is 6.18 Å². The lowest BCUT2D eigenvalue weighted by molar-refractivity contribution is -0.129. The summed E-state index contributed by atoms with van der Waals surface area (Å²) in [5.74, 6) is -0.266. The lowest BCUT2D eigenvalue weighted by atomic mass is 10.2. The first-order chi connectivity index (χ1) is 12.8. The summed E-state index contributed by atoms with van der Waals surface area (Å²) in [4.78, 5) is 21.4. The van der Waals surface area contributed by atoms with E-state index in [2.05, 4.69) is 9.97 Å². The Labute approximate surface area is 156 Å². The molecule has 27 heavy (non-hydrogen) atoms. The van der Waals surface area contributed by atoms with Gasteiger partial charge in [-0.3, -0.25) is 9.36 Å². The molecule has 3 rings (SSSR count). The number of aryl methyl sites for hydroxylation is 1. The van der Waals surface area contributed by atoms with Crippen molar-refractivity contribution >= 4 is 22.9 Å². The van der Waals surface area contributed by atoms with Gasteiger partial charge in [-0.05, 0) is 31.2 Å². The van der Waals surface area contributed by atoms with Crippen LogP contribution in [0.3, 0.4) is 0 Å². The van der Waals surface area contributed by atoms with Crippen LogP contribution in [0.5, 0.6) is 0 Å². The number of nitrogens with zero attached hydrogens (tertiary/aromatic N) is 5. The predicted molar refractivity (Wildman–Crippen MR) is 94.9 cm³/mol. The van der Waals surface area contributed by atoms with Crippen molar-refractivity contribution in [2.75, 3.05) is 5.75 Å². The molecule has 0 aliphatic heterocycles. The van der Waals surface area contributed by atoms with Crippen LogP contribution in [0.4, 0.5) is 13.2 Å². The van der Waals surface area contributed by atoms with Crippen LogP contribution in [0.15, 0.2) is 40.5 Å². The average molecular weight is 393 g/mol. The summed E-state index contributed by atoms with van der Waals surface area (Å²) in [6, 6.07) is 8.14. The third kappa shape index (κ3) is 3.98. The number of thioether (sulfide) groups is 1. The van der Waals surface area contributed by atoms with Gasteiger partial charge in [-0.25, -0.2) is 9.97 Å². The smallest absolute Gasteiger partial charge is 0.315 e. The highest BCUT2D eigenvalue weighted by Crippen LogP contribution is 2.27. The molecule has 0 bridgehead atoms. The van der Waals surface area contributed by atoms with Gasteiger partial charge in [0.1, 0.15) is 0 Å². The van der Waals surface area contributed by atoms with Crippen molar-refractivity contribution in [1.29, 1.82) is 5.26 Å². The maximum Gasteiger partial charge on any atom is 0.389 e. The largest absolute Gasteiger partial charge is 0.389 e. The normalized spacial score (nSPS) is 11.7. The molecule has 3 aromatic rings. The summed E-state index contributed by atoms with van der Waals surface area (Å²) in [6.45, 7) is 2.38. The average Bonchev–Trinajstić information content (AvgIpc) is 3.04. The highest BCUT2D eigenvalue weighted by Gasteiger charge is 2.27. The molecule has 0 saturated carbocycles. The van der Waals surface area contributed by atoms with E-state index in [1.54, 1.807) is 16.7 Å². The highest BCUT2D eigenvalue weighted by atomic mass is 32.2. The highest BCUT2D eigenvalue weighted by molar-refractivity contribution is 7.99. The molecule has 6 nitrogen and oxygen atoms in total. The Bertz CT molecular complexity index is 1060. The monoisotopic (exact) mass is 393 g/mol. The second kappa shape index (κ2) is 7.44. The van der Waals surface area contributed by atoms with E-state index in [0.717, 1.165) is 11.8 Å². The van der Waals surface area contributed by atoms with Crippen LogP contribution in [-0.2, 0) is 6.54 Å². The fourth-order valence-corrected chi connectivity index (χ4v) is 3.46. The minimum Gasteiger partial charge on any atom is -0.315 e. The number of hydrogen-bond acceptors (Lipinski definition) is 5. The van der Waals surface area contributed by atoms with Crippen molar-refractivity contribution in [2.24, 2.45) is 0 Å². The Kier molecular flexibility index (Phi) is 5.23. The molecule has 1 aromatic carbocycles. The number of fused-ring (bicyclic) bond motifs is 1. The van der Waals surface area contributed by atoms with Crippen molar-refractivity contribution in [3.63, 3.8) is 0 Å². The Hall–Kier alpha value is -2.80. The zero-order valence-electron chi connectivity index (χ0n) is 14.2. The third-order valence-corrected chi connectivity index (χ3v) is 4.76. The summed E-state index contributed by atoms with van der Waals surface area (Å²) in [5.41, 5.74) is 0.825. The van der Waals surface area contributed by atoms with Gasteiger partial charge in [0.05, 0.1) is 30.1 Å². The molecule has 2 heterocycles. The molecular weight excluding hydrogens is 379 g/mol. The van der Waals surface area contributed by atoms with E-state index in [4.69, 9.17) is 5.26 Å². The van der Waals surface area contributed by atoms with Crippen molar-refractivity contribution in [1.82, 2.24) is 19.1 Å². The molecule has 0 aliphatic carbocycles. The number of aromatic nitrogens is 4. The van der Waals surface area contributed by atoms with Crippen LogP contribution in [0.25, 0.3) is 16.9 Å². The van der Waals surface area contributed by atoms with Gasteiger partial charge in [-0.2, -0.15) is 18.4 Å². The molecule has 140 valence electrons. The van der Waals surface area contributed by atoms with Gasteiger partial charge in [-0.1, -0.05) is 11.8 Å². The van der Waals surface area contributed by atoms with Gasteiger partial charge in [0.25, 0.3) is 5.56 Å². The Balaban J connectivity index is 2.13. The van der Waals surface area contributed by atoms with Crippen LogP contribution in [0.1, 0.15) is 18.9 Å². The summed E-state index contributed by atoms with van der Waals surface area (Å²) in [5, 5.41) is 9.07. The van der Waals surface area contributed by atoms with E-state index in [0.29, 0.717) is 23.4 Å². The number of benzene rings is 1. The molecular formula is C17H14F3N5OS. The molecule has 0 N–H and O–H groups in total. The number of rotatable bonds is 5. The van der Waals surface area contributed by atoms with Crippen LogP contribution in [-0.4, -0.2) is 31.0 Å². The zero-order valence-corrected chi connectivity index (χ0v) is 15.0. The van der Waals surface area contributed by atoms with Crippen LogP contribution >= 0.6 is 11.8 Å². The summed E-state index contributed by atoms with van der Waals surface area (Å²) in [7, 11) is 0. The van der Waals surface area contributed by atoms with E-state index in [1.807, 2.05) is 13.0 Å². The molecule has 0 saturated heterocycles. The Morgan fingerprint density at radius 1 is 1.26 bits per heavy atom. The van der Waals surface area contributed by atoms with Crippen LogP contribution < -0.4 is 5.56 Å². The van der Waals surface area contributed by atoms with Gasteiger partial charge in [0, 0.05) is 12.3 Å². The van der Waals surface area contributed by atoms with E-state index < -0.39 is 18.2 Å². The second-order valence-electron chi connectivity index (χ2n) is 5.61. The van der Waals surface area contributed by atoms with Crippen molar-refractivity contribution in [3.8, 4) is 11.8 Å². The minimum absolute atomic E-state index is 0.140. The fourth-order valence-electron chi connectivity index (χ4n) is 2.48. The van der Waals surface area contributed by atoms with E-state index in [9.17, 15) is 18.0 Å². The van der Waals surface area contributed by atoms with Gasteiger partial charge in [-0.15, -0.1) is 0 Å². The van der Waals surface area contributed by atoms with Gasteiger partial charge in [0.15, 0.2) is 16.3 Å². The first kappa shape index (κ1) is 19.0. The fraction of sp³-hybridized carbons (Fsp3) is 0.294. The number of hydrogen-bond donors (Lipinski definition) is 0. The van der Waals surface area contributed by atoms with Crippen molar-refractivity contribution in [2.45, 2.75) is 31.2 Å². The SMILES string of the molecule is CCn1cnc2c(=O)n(-c3ccc(C#N)cc3)c(SCCC(F)(F)F)nc21. The molecule has 0 fully saturated rings. The quantitative estimate of drug-likeness (QED) is 0.490. The predicted octanol–water partition coefficient (Wildman–Crippen LogP) is 3.52. The number of alkyl halides is 3. The molecule has 0 atom stereocenters. The molecule has 0 unspecified atom stereocenters. The van der Waals surface area contributed by atoms with E-state index in [-0.39, 0.29) is 16.4 Å². The van der Waals surface area contributed by atoms with E-state index >= 15 is 0 Å². The molecule has 0 spiro atoms. The van der Waals surface area contributed by atoms with Crippen molar-refractivity contribution < 1.29 is 13.2 Å². The maximum absolute atomic E-state index is 12.9. The number of halogens is 3. The summed E-state index contributed by atoms with van der Waals surface area (Å²) in [6.07, 6.45) is -3.81. The molecule has 2 aromatic heterocycles. The first-order valence-corrected chi connectivity index (χ1v) is 9.00. The third-order valence-electron chi connectivity index (χ3n) is 3.82. The van der Waals surface area contributed by atoms with Crippen LogP contribution in [0.2, 0.25) is 0 Å². The molecule has 0 aliphatic rings. The number of imidazole rings is 1. The van der Waals surface area contributed by atoms with Gasteiger partial charge < -0.3 is 4.57 Å². The standard InChI is InChI=1S/C17H14F3N5OS/c1-2-24-10-22-13-14(24)23-16(27-8-7-17(18,19)20)25(15(13)26)12-5-3-11(9-21)4-6-12/h3-6,10H,2,7-8H2,1H3. The number of nitriles is 1. The lowest BCUT2D eigenvalue weighted by Crippen LogP contribution is -2.22. The van der Waals surface area contributed by atoms with E-state index in [1.165, 1.54) is 23.0 Å². The van der Waals surface area contributed by atoms with Crippen molar-refractivity contribution in [3.05, 3.63) is 46.5 Å². The molecule has 0 amide bonds. The zero-order chi connectivity index (χ0) is 19.6. The summed E-state index contributed by atoms with van der Waals surface area (Å²) < 4.78 is 40.5. The maximum atomic E-state index is 12.9. The molecule has 10 heteroatoms. The molecule has 0 radical (unpaired) electrons. The lowest BCUT2D eigenvalue weighted by Gasteiger charge is -2.13. The Morgan fingerprint density at radius 3 is 2.56 bits per heavy atom. The first-order valence-electron chi connectivity index (χ1n) is 8.02. The topological polar surface area (TPSA) is 76.5 Å². The van der Waals surface area contributed by atoms with Crippen LogP contribution in [0, 0.1) is 11.3 Å². The van der Waals surface area contributed by atoms with Gasteiger partial charge in [0.2, 0.25) is 0 Å².